The zero-order valence-corrected chi connectivity index (χ0v) is 9.99. The molecule has 0 aromatic carbocycles. The topological polar surface area (TPSA) is 80.3 Å². The van der Waals surface area contributed by atoms with Crippen LogP contribution in [0.3, 0.4) is 0 Å². The summed E-state index contributed by atoms with van der Waals surface area (Å²) in [4.78, 5) is 18.1. The first-order valence-corrected chi connectivity index (χ1v) is 4.87. The van der Waals surface area contributed by atoms with Crippen LogP contribution in [-0.4, -0.2) is 13.3 Å². The van der Waals surface area contributed by atoms with Crippen LogP contribution in [0.1, 0.15) is 7.43 Å². The molecular formula is C3H10O4P2Zn+2. The molecule has 2 unspecified atom stereocenters. The van der Waals surface area contributed by atoms with E-state index in [-0.39, 0.29) is 26.9 Å². The van der Waals surface area contributed by atoms with Crippen molar-refractivity contribution in [2.45, 2.75) is 7.43 Å². The van der Waals surface area contributed by atoms with Crippen molar-refractivity contribution >= 4 is 16.1 Å². The largest absolute Gasteiger partial charge is 2.00 e. The summed E-state index contributed by atoms with van der Waals surface area (Å²) >= 11 is 0. The molecule has 0 rings (SSSR count). The van der Waals surface area contributed by atoms with Crippen molar-refractivity contribution in [2.75, 3.05) is 13.3 Å². The van der Waals surface area contributed by atoms with Crippen LogP contribution in [0.15, 0.2) is 0 Å². The number of rotatable bonds is 0. The Hall–Kier alpha value is 0.743. The monoisotopic (exact) mass is 236 g/mol. The molecule has 0 spiro atoms. The number of hydrogen-bond donors (Lipinski definition) is 0. The minimum absolute atomic E-state index is 0. The quantitative estimate of drug-likeness (QED) is 0.441. The van der Waals surface area contributed by atoms with Gasteiger partial charge in [-0.1, -0.05) is 16.6 Å². The SMILES string of the molecule is C.C[P+](=O)[O-].C[P+](=O)[O-].[Zn+2]. The molecule has 0 aliphatic heterocycles. The second-order valence-corrected chi connectivity index (χ2v) is 2.64. The maximum absolute atomic E-state index is 9.04. The normalized spacial score (nSPS) is 8.80. The van der Waals surface area contributed by atoms with Crippen molar-refractivity contribution in [1.29, 1.82) is 0 Å². The van der Waals surface area contributed by atoms with E-state index in [2.05, 4.69) is 0 Å². The van der Waals surface area contributed by atoms with Crippen LogP contribution in [0.25, 0.3) is 0 Å². The Morgan fingerprint density at radius 1 is 1.00 bits per heavy atom. The molecular weight excluding hydrogens is 227 g/mol. The third kappa shape index (κ3) is 949. The van der Waals surface area contributed by atoms with Gasteiger partial charge in [0.25, 0.3) is 0 Å². The van der Waals surface area contributed by atoms with Crippen molar-refractivity contribution in [3.05, 3.63) is 0 Å². The van der Waals surface area contributed by atoms with Crippen LogP contribution >= 0.6 is 16.1 Å². The van der Waals surface area contributed by atoms with Gasteiger partial charge in [0, 0.05) is 0 Å². The molecule has 0 N–H and O–H groups in total. The molecule has 0 aliphatic rings. The molecule has 0 saturated heterocycles. The molecule has 10 heavy (non-hydrogen) atoms. The van der Waals surface area contributed by atoms with E-state index in [0.29, 0.717) is 0 Å². The van der Waals surface area contributed by atoms with Gasteiger partial charge in [0.15, 0.2) is 0 Å². The zero-order chi connectivity index (χ0) is 7.15. The van der Waals surface area contributed by atoms with E-state index in [9.17, 15) is 0 Å². The first-order valence-electron chi connectivity index (χ1n) is 1.62. The summed E-state index contributed by atoms with van der Waals surface area (Å²) in [6, 6.07) is 0. The van der Waals surface area contributed by atoms with E-state index >= 15 is 0 Å². The Kier molecular flexibility index (Phi) is 36.7. The van der Waals surface area contributed by atoms with Crippen LogP contribution < -0.4 is 9.79 Å². The van der Waals surface area contributed by atoms with Crippen LogP contribution in [-0.2, 0) is 28.6 Å². The summed E-state index contributed by atoms with van der Waals surface area (Å²) in [7, 11) is -4.24. The minimum Gasteiger partial charge on any atom is -0.596 e. The van der Waals surface area contributed by atoms with E-state index in [0.717, 1.165) is 13.3 Å². The third-order valence-corrected chi connectivity index (χ3v) is 0. The maximum Gasteiger partial charge on any atom is 2.00 e. The van der Waals surface area contributed by atoms with E-state index in [4.69, 9.17) is 18.9 Å². The summed E-state index contributed by atoms with van der Waals surface area (Å²) in [5.41, 5.74) is 0. The Labute approximate surface area is 75.5 Å². The van der Waals surface area contributed by atoms with Crippen LogP contribution in [0.4, 0.5) is 0 Å². The molecule has 0 heterocycles. The van der Waals surface area contributed by atoms with Gasteiger partial charge in [-0.15, -0.1) is 0 Å². The Morgan fingerprint density at radius 3 is 1.00 bits per heavy atom. The zero-order valence-electron chi connectivity index (χ0n) is 5.23. The second kappa shape index (κ2) is 16.4. The Morgan fingerprint density at radius 2 is 1.00 bits per heavy atom. The average Bonchev–Trinajstić information content (AvgIpc) is 1.25. The first-order chi connectivity index (χ1) is 3.46. The van der Waals surface area contributed by atoms with Crippen LogP contribution in [0, 0.1) is 0 Å². The molecule has 0 saturated carbocycles. The van der Waals surface area contributed by atoms with Crippen molar-refractivity contribution in [2.24, 2.45) is 0 Å². The standard InChI is InChI=1S/2CH3O2P.CH4.Zn/c2*1-4(2)3;;/h2*1H3;1H4;/q;;;+2. The molecule has 0 amide bonds. The van der Waals surface area contributed by atoms with Crippen molar-refractivity contribution in [3.63, 3.8) is 0 Å². The van der Waals surface area contributed by atoms with Gasteiger partial charge in [-0.05, 0) is 0 Å². The maximum atomic E-state index is 9.04. The summed E-state index contributed by atoms with van der Waals surface area (Å²) in [5.74, 6) is 0. The Bertz CT molecular complexity index is 76.5. The first kappa shape index (κ1) is 22.4. The molecule has 0 aromatic heterocycles. The predicted molar refractivity (Wildman–Crippen MR) is 33.8 cm³/mol. The van der Waals surface area contributed by atoms with Gasteiger partial charge >= 0.3 is 35.5 Å². The molecule has 0 aromatic rings. The fourth-order valence-electron chi connectivity index (χ4n) is 0. The third-order valence-electron chi connectivity index (χ3n) is 0. The molecule has 2 atom stereocenters. The van der Waals surface area contributed by atoms with Crippen molar-refractivity contribution in [3.8, 4) is 0 Å². The van der Waals surface area contributed by atoms with Gasteiger partial charge < -0.3 is 9.79 Å². The van der Waals surface area contributed by atoms with Crippen molar-refractivity contribution < 1.29 is 38.4 Å². The molecule has 7 heteroatoms. The molecule has 0 aliphatic carbocycles. The molecule has 0 fully saturated rings. The molecule has 0 radical (unpaired) electrons. The van der Waals surface area contributed by atoms with Crippen LogP contribution in [0.5, 0.6) is 0 Å². The van der Waals surface area contributed by atoms with Gasteiger partial charge in [0.05, 0.1) is 0 Å². The van der Waals surface area contributed by atoms with E-state index < -0.39 is 16.1 Å². The fourth-order valence-corrected chi connectivity index (χ4v) is 0. The van der Waals surface area contributed by atoms with Crippen molar-refractivity contribution in [1.82, 2.24) is 0 Å². The second-order valence-electron chi connectivity index (χ2n) is 0.879. The van der Waals surface area contributed by atoms with Crippen LogP contribution in [0.2, 0.25) is 0 Å². The van der Waals surface area contributed by atoms with Gasteiger partial charge in [0.1, 0.15) is 13.3 Å². The summed E-state index contributed by atoms with van der Waals surface area (Å²) in [6.07, 6.45) is 0. The molecule has 0 bridgehead atoms. The fraction of sp³-hybridized carbons (Fsp3) is 1.00. The summed E-state index contributed by atoms with van der Waals surface area (Å²) in [6.45, 7) is 2.24. The van der Waals surface area contributed by atoms with Gasteiger partial charge in [0.2, 0.25) is 0 Å². The van der Waals surface area contributed by atoms with E-state index in [1.54, 1.807) is 0 Å². The minimum atomic E-state index is -2.12. The van der Waals surface area contributed by atoms with Gasteiger partial charge in [-0.3, -0.25) is 0 Å². The van der Waals surface area contributed by atoms with E-state index in [1.165, 1.54) is 0 Å². The number of hydrogen-bond acceptors (Lipinski definition) is 4. The summed E-state index contributed by atoms with van der Waals surface area (Å²) < 4.78 is 18.1. The van der Waals surface area contributed by atoms with Gasteiger partial charge in [-0.2, -0.15) is 0 Å². The molecule has 56 valence electrons. The molecule has 4 nitrogen and oxygen atoms in total. The Balaban J connectivity index is -0.0000000300. The van der Waals surface area contributed by atoms with E-state index in [1.807, 2.05) is 0 Å². The smallest absolute Gasteiger partial charge is 0.596 e. The predicted octanol–water partition coefficient (Wildman–Crippen LogP) is 0.0714. The average molecular weight is 237 g/mol. The summed E-state index contributed by atoms with van der Waals surface area (Å²) in [5, 5.41) is 0. The van der Waals surface area contributed by atoms with Gasteiger partial charge in [-0.25, -0.2) is 0 Å².